The van der Waals surface area contributed by atoms with Gasteiger partial charge in [0.15, 0.2) is 0 Å². The van der Waals surface area contributed by atoms with Crippen molar-refractivity contribution in [2.24, 2.45) is 0 Å². The van der Waals surface area contributed by atoms with Crippen molar-refractivity contribution in [3.05, 3.63) is 0 Å². The van der Waals surface area contributed by atoms with E-state index in [9.17, 15) is 0 Å². The zero-order valence-electron chi connectivity index (χ0n) is 6.48. The number of hydrogen-bond donors (Lipinski definition) is 0. The van der Waals surface area contributed by atoms with Gasteiger partial charge in [-0.2, -0.15) is 0 Å². The fraction of sp³-hybridized carbons (Fsp3) is 0.889. The molecular weight excluding hydrogens is 154 g/mol. The third kappa shape index (κ3) is 6.29. The highest BCUT2D eigenvalue weighted by molar-refractivity contribution is 7.80. The summed E-state index contributed by atoms with van der Waals surface area (Å²) in [7, 11) is 0. The molecule has 0 saturated heterocycles. The van der Waals surface area contributed by atoms with Crippen LogP contribution in [0.15, 0.2) is 0 Å². The van der Waals surface area contributed by atoms with Gasteiger partial charge in [-0.15, -0.1) is 0 Å². The highest BCUT2D eigenvalue weighted by Crippen LogP contribution is 1.94. The average molecular weight is 177 g/mol. The Morgan fingerprint density at radius 1 is 1.09 bits per heavy atom. The van der Waals surface area contributed by atoms with Gasteiger partial charge in [0.1, 0.15) is 0 Å². The van der Waals surface area contributed by atoms with Crippen LogP contribution in [0, 0.1) is 0 Å². The lowest BCUT2D eigenvalue weighted by Gasteiger charge is -2.20. The fourth-order valence-corrected chi connectivity index (χ4v) is 1.06. The van der Waals surface area contributed by atoms with Gasteiger partial charge in [0, 0.05) is 13.1 Å². The highest BCUT2D eigenvalue weighted by Gasteiger charge is 1.99. The van der Waals surface area contributed by atoms with Gasteiger partial charge >= 0.3 is 0 Å². The molecule has 0 aromatic carbocycles. The van der Waals surface area contributed by atoms with E-state index >= 15 is 0 Å². The monoisotopic (exact) mass is 177 g/mol. The van der Waals surface area contributed by atoms with Crippen molar-refractivity contribution in [3.63, 3.8) is 0 Å². The molecule has 0 atom stereocenters. The van der Waals surface area contributed by atoms with Crippen LogP contribution >= 0.6 is 12.2 Å². The Hall–Kier alpha value is -0.110. The van der Waals surface area contributed by atoms with E-state index in [-0.39, 0.29) is 14.9 Å². The summed E-state index contributed by atoms with van der Waals surface area (Å²) in [5.74, 6) is 0. The van der Waals surface area contributed by atoms with E-state index in [1.165, 1.54) is 0 Å². The molecule has 0 rings (SSSR count). The standard InChI is InChI=1S/C7H15NS.2CH4/c1-4-7(9)8(5-2)6-3;;/h4-6H2,1-3H3;2*1H4. The molecule has 0 spiro atoms. The Morgan fingerprint density at radius 2 is 1.45 bits per heavy atom. The first-order chi connectivity index (χ1) is 4.26. The third-order valence-corrected chi connectivity index (χ3v) is 1.97. The second-order valence-corrected chi connectivity index (χ2v) is 2.39. The largest absolute Gasteiger partial charge is 0.367 e. The van der Waals surface area contributed by atoms with E-state index in [0.717, 1.165) is 24.5 Å². The molecule has 0 bridgehead atoms. The third-order valence-electron chi connectivity index (χ3n) is 1.42. The molecule has 0 fully saturated rings. The summed E-state index contributed by atoms with van der Waals surface area (Å²) in [4.78, 5) is 3.29. The molecule has 70 valence electrons. The quantitative estimate of drug-likeness (QED) is 0.608. The first-order valence-corrected chi connectivity index (χ1v) is 3.94. The molecule has 0 aliphatic rings. The normalized spacial score (nSPS) is 7.55. The molecule has 0 aliphatic heterocycles. The van der Waals surface area contributed by atoms with Crippen LogP contribution in [-0.4, -0.2) is 23.0 Å². The first-order valence-electron chi connectivity index (χ1n) is 3.54. The van der Waals surface area contributed by atoms with Gasteiger partial charge in [0.25, 0.3) is 0 Å². The van der Waals surface area contributed by atoms with Crippen LogP contribution in [0.25, 0.3) is 0 Å². The summed E-state index contributed by atoms with van der Waals surface area (Å²) in [6, 6.07) is 0. The van der Waals surface area contributed by atoms with Crippen molar-refractivity contribution in [1.82, 2.24) is 4.90 Å². The van der Waals surface area contributed by atoms with Crippen LogP contribution in [0.2, 0.25) is 0 Å². The average Bonchev–Trinajstić information content (AvgIpc) is 1.90. The van der Waals surface area contributed by atoms with E-state index in [2.05, 4.69) is 25.7 Å². The van der Waals surface area contributed by atoms with Crippen LogP contribution in [0.5, 0.6) is 0 Å². The minimum atomic E-state index is 0. The fourth-order valence-electron chi connectivity index (χ4n) is 0.800. The Bertz CT molecular complexity index is 87.6. The molecule has 0 saturated carbocycles. The maximum atomic E-state index is 5.10. The van der Waals surface area contributed by atoms with Crippen LogP contribution < -0.4 is 0 Å². The van der Waals surface area contributed by atoms with Crippen molar-refractivity contribution in [3.8, 4) is 0 Å². The van der Waals surface area contributed by atoms with Crippen LogP contribution in [-0.2, 0) is 0 Å². The van der Waals surface area contributed by atoms with E-state index in [1.54, 1.807) is 0 Å². The van der Waals surface area contributed by atoms with E-state index in [1.807, 2.05) is 0 Å². The zero-order chi connectivity index (χ0) is 7.28. The molecule has 0 unspecified atom stereocenters. The minimum Gasteiger partial charge on any atom is -0.367 e. The molecule has 0 amide bonds. The number of thiocarbonyl (C=S) groups is 1. The summed E-state index contributed by atoms with van der Waals surface area (Å²) >= 11 is 5.10. The van der Waals surface area contributed by atoms with Gasteiger partial charge in [-0.25, -0.2) is 0 Å². The van der Waals surface area contributed by atoms with Crippen molar-refractivity contribution < 1.29 is 0 Å². The molecule has 1 nitrogen and oxygen atoms in total. The summed E-state index contributed by atoms with van der Waals surface area (Å²) in [5, 5.41) is 0. The Balaban J connectivity index is -0.000000320. The predicted octanol–water partition coefficient (Wildman–Crippen LogP) is 3.34. The van der Waals surface area contributed by atoms with Gasteiger partial charge < -0.3 is 4.90 Å². The SMILES string of the molecule is C.C.CCC(=S)N(CC)CC. The molecule has 11 heavy (non-hydrogen) atoms. The number of hydrogen-bond acceptors (Lipinski definition) is 1. The second kappa shape index (κ2) is 9.89. The van der Waals surface area contributed by atoms with Crippen molar-refractivity contribution >= 4 is 17.2 Å². The van der Waals surface area contributed by atoms with E-state index in [0.29, 0.717) is 0 Å². The summed E-state index contributed by atoms with van der Waals surface area (Å²) in [6.45, 7) is 8.45. The lowest BCUT2D eigenvalue weighted by molar-refractivity contribution is 0.466. The molecule has 0 aliphatic carbocycles. The van der Waals surface area contributed by atoms with Gasteiger partial charge in [-0.05, 0) is 20.3 Å². The zero-order valence-corrected chi connectivity index (χ0v) is 7.29. The molecule has 2 heteroatoms. The number of rotatable bonds is 3. The predicted molar refractivity (Wildman–Crippen MR) is 59.3 cm³/mol. The van der Waals surface area contributed by atoms with Gasteiger partial charge in [0.05, 0.1) is 4.99 Å². The lowest BCUT2D eigenvalue weighted by Crippen LogP contribution is -2.28. The minimum absolute atomic E-state index is 0. The number of nitrogens with zero attached hydrogens (tertiary/aromatic N) is 1. The molecule has 0 heterocycles. The van der Waals surface area contributed by atoms with Crippen molar-refractivity contribution in [2.75, 3.05) is 13.1 Å². The van der Waals surface area contributed by atoms with Crippen LogP contribution in [0.1, 0.15) is 42.0 Å². The van der Waals surface area contributed by atoms with Gasteiger partial charge in [0.2, 0.25) is 0 Å². The first kappa shape index (κ1) is 17.1. The Labute approximate surface area is 77.8 Å². The Kier molecular flexibility index (Phi) is 15.4. The van der Waals surface area contributed by atoms with Crippen LogP contribution in [0.3, 0.4) is 0 Å². The topological polar surface area (TPSA) is 3.24 Å². The summed E-state index contributed by atoms with van der Waals surface area (Å²) < 4.78 is 0. The highest BCUT2D eigenvalue weighted by atomic mass is 32.1. The lowest BCUT2D eigenvalue weighted by atomic mass is 10.4. The second-order valence-electron chi connectivity index (χ2n) is 1.92. The van der Waals surface area contributed by atoms with E-state index < -0.39 is 0 Å². The molecule has 0 radical (unpaired) electrons. The van der Waals surface area contributed by atoms with Crippen molar-refractivity contribution in [1.29, 1.82) is 0 Å². The maximum absolute atomic E-state index is 5.10. The molecule has 0 aromatic heterocycles. The van der Waals surface area contributed by atoms with Crippen molar-refractivity contribution in [2.45, 2.75) is 42.0 Å². The maximum Gasteiger partial charge on any atom is 0.0776 e. The van der Waals surface area contributed by atoms with Gasteiger partial charge in [-0.3, -0.25) is 0 Å². The smallest absolute Gasteiger partial charge is 0.0776 e. The molecular formula is C9H23NS. The molecule has 0 N–H and O–H groups in total. The van der Waals surface area contributed by atoms with Crippen LogP contribution in [0.4, 0.5) is 0 Å². The van der Waals surface area contributed by atoms with E-state index in [4.69, 9.17) is 12.2 Å². The summed E-state index contributed by atoms with van der Waals surface area (Å²) in [5.41, 5.74) is 0. The molecule has 0 aromatic rings. The van der Waals surface area contributed by atoms with Gasteiger partial charge in [-0.1, -0.05) is 34.0 Å². The summed E-state index contributed by atoms with van der Waals surface area (Å²) in [6.07, 6.45) is 0.997. The Morgan fingerprint density at radius 3 is 1.55 bits per heavy atom.